The molecule has 0 saturated heterocycles. The summed E-state index contributed by atoms with van der Waals surface area (Å²) >= 11 is 0. The second-order valence-electron chi connectivity index (χ2n) is 5.26. The molecule has 0 aliphatic heterocycles. The Balaban J connectivity index is 1.54. The number of hydrogen-bond donors (Lipinski definition) is 1. The Labute approximate surface area is 123 Å². The summed E-state index contributed by atoms with van der Waals surface area (Å²) in [4.78, 5) is 16.1. The van der Waals surface area contributed by atoms with E-state index >= 15 is 0 Å². The number of nitrogens with zero attached hydrogens (tertiary/aromatic N) is 2. The fourth-order valence-corrected chi connectivity index (χ4v) is 2.48. The van der Waals surface area contributed by atoms with Crippen molar-refractivity contribution < 1.29 is 4.79 Å². The molecule has 2 aromatic rings. The van der Waals surface area contributed by atoms with Crippen molar-refractivity contribution in [1.82, 2.24) is 10.3 Å². The van der Waals surface area contributed by atoms with Gasteiger partial charge in [0.25, 0.3) is 0 Å². The van der Waals surface area contributed by atoms with Crippen molar-refractivity contribution in [3.63, 3.8) is 0 Å². The molecule has 1 heterocycles. The molecule has 1 aliphatic carbocycles. The summed E-state index contributed by atoms with van der Waals surface area (Å²) in [5.41, 5.74) is 2.79. The van der Waals surface area contributed by atoms with Crippen molar-refractivity contribution in [2.45, 2.75) is 18.9 Å². The Morgan fingerprint density at radius 1 is 1.33 bits per heavy atom. The lowest BCUT2D eigenvalue weighted by Gasteiger charge is -2.05. The molecular weight excluding hydrogens is 262 g/mol. The van der Waals surface area contributed by atoms with E-state index < -0.39 is 0 Å². The van der Waals surface area contributed by atoms with Gasteiger partial charge in [0.2, 0.25) is 5.91 Å². The minimum atomic E-state index is 0.0506. The molecule has 4 heteroatoms. The standard InChI is InChI=1S/C17H15N3O/c18-9-12-3-5-14(6-4-12)15-8-16(15)17(21)20-11-13-2-1-7-19-10-13/h1-7,10,15-16H,8,11H2,(H,20,21)/t15-,16+/m0/s1. The SMILES string of the molecule is N#Cc1ccc([C@@H]2C[C@H]2C(=O)NCc2cccnc2)cc1. The molecule has 2 atom stereocenters. The minimum Gasteiger partial charge on any atom is -0.352 e. The molecule has 1 aromatic carbocycles. The maximum atomic E-state index is 12.1. The van der Waals surface area contributed by atoms with Crippen molar-refractivity contribution in [2.75, 3.05) is 0 Å². The normalized spacial score (nSPS) is 19.6. The largest absolute Gasteiger partial charge is 0.352 e. The summed E-state index contributed by atoms with van der Waals surface area (Å²) in [5.74, 6) is 0.425. The van der Waals surface area contributed by atoms with Gasteiger partial charge in [-0.05, 0) is 41.7 Å². The second-order valence-corrected chi connectivity index (χ2v) is 5.26. The van der Waals surface area contributed by atoms with Gasteiger partial charge in [-0.25, -0.2) is 0 Å². The Morgan fingerprint density at radius 2 is 2.14 bits per heavy atom. The first-order chi connectivity index (χ1) is 10.3. The van der Waals surface area contributed by atoms with Crippen LogP contribution in [0.25, 0.3) is 0 Å². The van der Waals surface area contributed by atoms with Crippen molar-refractivity contribution in [3.05, 3.63) is 65.5 Å². The number of nitrogens with one attached hydrogen (secondary N) is 1. The van der Waals surface area contributed by atoms with Crippen LogP contribution in [0.2, 0.25) is 0 Å². The van der Waals surface area contributed by atoms with Crippen LogP contribution in [0.5, 0.6) is 0 Å². The van der Waals surface area contributed by atoms with Crippen LogP contribution < -0.4 is 5.32 Å². The third-order valence-electron chi connectivity index (χ3n) is 3.78. The summed E-state index contributed by atoms with van der Waals surface area (Å²) in [6.07, 6.45) is 4.35. The summed E-state index contributed by atoms with van der Waals surface area (Å²) in [5, 5.41) is 11.7. The summed E-state index contributed by atoms with van der Waals surface area (Å²) in [6.45, 7) is 0.517. The number of amides is 1. The number of hydrogen-bond acceptors (Lipinski definition) is 3. The zero-order valence-corrected chi connectivity index (χ0v) is 11.5. The highest BCUT2D eigenvalue weighted by Gasteiger charge is 2.43. The monoisotopic (exact) mass is 277 g/mol. The zero-order valence-electron chi connectivity index (χ0n) is 11.5. The van der Waals surface area contributed by atoms with Crippen LogP contribution in [0.1, 0.15) is 29.0 Å². The minimum absolute atomic E-state index is 0.0506. The zero-order chi connectivity index (χ0) is 14.7. The Hall–Kier alpha value is -2.67. The average molecular weight is 277 g/mol. The number of pyridine rings is 1. The van der Waals surface area contributed by atoms with Crippen LogP contribution in [-0.2, 0) is 11.3 Å². The fraction of sp³-hybridized carbons (Fsp3) is 0.235. The van der Waals surface area contributed by atoms with E-state index in [0.29, 0.717) is 12.1 Å². The highest BCUT2D eigenvalue weighted by Crippen LogP contribution is 2.47. The quantitative estimate of drug-likeness (QED) is 0.933. The topological polar surface area (TPSA) is 65.8 Å². The van der Waals surface area contributed by atoms with E-state index in [-0.39, 0.29) is 17.7 Å². The second kappa shape index (κ2) is 5.76. The smallest absolute Gasteiger partial charge is 0.224 e. The van der Waals surface area contributed by atoms with Gasteiger partial charge in [0.1, 0.15) is 0 Å². The van der Waals surface area contributed by atoms with Crippen LogP contribution in [0.15, 0.2) is 48.8 Å². The lowest BCUT2D eigenvalue weighted by molar-refractivity contribution is -0.122. The molecular formula is C17H15N3O. The molecule has 0 spiro atoms. The Kier molecular flexibility index (Phi) is 3.65. The summed E-state index contributed by atoms with van der Waals surface area (Å²) < 4.78 is 0. The number of carbonyl (C=O) groups is 1. The average Bonchev–Trinajstić information content (AvgIpc) is 3.34. The lowest BCUT2D eigenvalue weighted by atomic mass is 10.1. The van der Waals surface area contributed by atoms with Crippen LogP contribution in [-0.4, -0.2) is 10.9 Å². The molecule has 1 aromatic heterocycles. The first kappa shape index (κ1) is 13.3. The van der Waals surface area contributed by atoms with Gasteiger partial charge >= 0.3 is 0 Å². The van der Waals surface area contributed by atoms with Gasteiger partial charge in [-0.2, -0.15) is 5.26 Å². The lowest BCUT2D eigenvalue weighted by Crippen LogP contribution is -2.24. The highest BCUT2D eigenvalue weighted by molar-refractivity contribution is 5.82. The van der Waals surface area contributed by atoms with Gasteiger partial charge in [0.05, 0.1) is 11.6 Å². The molecule has 21 heavy (non-hydrogen) atoms. The summed E-state index contributed by atoms with van der Waals surface area (Å²) in [6, 6.07) is 13.4. The fourth-order valence-electron chi connectivity index (χ4n) is 2.48. The van der Waals surface area contributed by atoms with Crippen LogP contribution >= 0.6 is 0 Å². The van der Waals surface area contributed by atoms with Gasteiger partial charge in [-0.3, -0.25) is 9.78 Å². The molecule has 4 nitrogen and oxygen atoms in total. The number of aromatic nitrogens is 1. The summed E-state index contributed by atoms with van der Waals surface area (Å²) in [7, 11) is 0. The van der Waals surface area contributed by atoms with Crippen molar-refractivity contribution in [1.29, 1.82) is 5.26 Å². The van der Waals surface area contributed by atoms with Crippen molar-refractivity contribution in [2.24, 2.45) is 5.92 Å². The van der Waals surface area contributed by atoms with E-state index in [2.05, 4.69) is 16.4 Å². The van der Waals surface area contributed by atoms with Crippen molar-refractivity contribution >= 4 is 5.91 Å². The predicted molar refractivity (Wildman–Crippen MR) is 78.1 cm³/mol. The Morgan fingerprint density at radius 3 is 2.81 bits per heavy atom. The first-order valence-electron chi connectivity index (χ1n) is 6.94. The molecule has 0 radical (unpaired) electrons. The molecule has 1 amide bonds. The predicted octanol–water partition coefficient (Wildman–Crippen LogP) is 2.37. The van der Waals surface area contributed by atoms with Crippen LogP contribution in [0, 0.1) is 17.2 Å². The molecule has 104 valence electrons. The van der Waals surface area contributed by atoms with E-state index in [9.17, 15) is 4.79 Å². The highest BCUT2D eigenvalue weighted by atomic mass is 16.2. The maximum absolute atomic E-state index is 12.1. The Bertz CT molecular complexity index is 673. The third-order valence-corrected chi connectivity index (χ3v) is 3.78. The van der Waals surface area contributed by atoms with E-state index in [1.54, 1.807) is 24.5 Å². The van der Waals surface area contributed by atoms with Crippen molar-refractivity contribution in [3.8, 4) is 6.07 Å². The van der Waals surface area contributed by atoms with E-state index in [4.69, 9.17) is 5.26 Å². The maximum Gasteiger partial charge on any atom is 0.224 e. The molecule has 0 bridgehead atoms. The molecule has 1 N–H and O–H groups in total. The van der Waals surface area contributed by atoms with E-state index in [1.807, 2.05) is 24.3 Å². The van der Waals surface area contributed by atoms with Crippen LogP contribution in [0.4, 0.5) is 0 Å². The molecule has 0 unspecified atom stereocenters. The number of benzene rings is 1. The first-order valence-corrected chi connectivity index (χ1v) is 6.94. The molecule has 1 saturated carbocycles. The molecule has 3 rings (SSSR count). The van der Waals surface area contributed by atoms with Crippen LogP contribution in [0.3, 0.4) is 0 Å². The van der Waals surface area contributed by atoms with Gasteiger partial charge in [0.15, 0.2) is 0 Å². The third kappa shape index (κ3) is 3.09. The van der Waals surface area contributed by atoms with Gasteiger partial charge in [-0.1, -0.05) is 18.2 Å². The van der Waals surface area contributed by atoms with E-state index in [0.717, 1.165) is 17.5 Å². The number of carbonyl (C=O) groups excluding carboxylic acids is 1. The molecule has 1 fully saturated rings. The van der Waals surface area contributed by atoms with Gasteiger partial charge in [-0.15, -0.1) is 0 Å². The number of nitriles is 1. The van der Waals surface area contributed by atoms with Gasteiger partial charge in [0, 0.05) is 24.9 Å². The molecule has 1 aliphatic rings. The van der Waals surface area contributed by atoms with E-state index in [1.165, 1.54) is 0 Å². The number of rotatable bonds is 4. The van der Waals surface area contributed by atoms with Gasteiger partial charge < -0.3 is 5.32 Å².